The van der Waals surface area contributed by atoms with E-state index in [0.717, 1.165) is 24.9 Å². The molecule has 0 aromatic heterocycles. The molecule has 1 aromatic carbocycles. The quantitative estimate of drug-likeness (QED) is 0.0789. The first-order chi connectivity index (χ1) is 18.8. The molecule has 1 aliphatic rings. The Hall–Kier alpha value is -1.92. The SMILES string of the molecule is C[C@@H]1C/C=C/CC/C=C/C(=O)Cc2c(Cl)c(OCOCC[Si](C)(C)C)cc(OCOCC[Si](C)(C)C)c2C(=O)O1. The molecule has 0 spiro atoms. The van der Waals surface area contributed by atoms with E-state index >= 15 is 0 Å². The summed E-state index contributed by atoms with van der Waals surface area (Å²) < 4.78 is 29.1. The standard InChI is InChI=1S/C30H47ClO7Si2/c1-23-13-11-9-8-10-12-14-24(32)19-25-28(30(33)38-23)26(36-21-34-15-17-39(2,3)4)20-27(29(25)31)37-22-35-16-18-40(5,6)7/h9,11-12,14,20,23H,8,10,13,15-19,21-22H2,1-7H3/b11-9+,14-12+/t23-/m1/s1. The van der Waals surface area contributed by atoms with Crippen LogP contribution in [0.5, 0.6) is 11.5 Å². The number of ketones is 1. The highest BCUT2D eigenvalue weighted by Crippen LogP contribution is 2.39. The van der Waals surface area contributed by atoms with Gasteiger partial charge in [0, 0.05) is 53.8 Å². The highest BCUT2D eigenvalue weighted by molar-refractivity contribution is 6.76. The molecule has 224 valence electrons. The molecule has 10 heteroatoms. The highest BCUT2D eigenvalue weighted by Gasteiger charge is 2.28. The summed E-state index contributed by atoms with van der Waals surface area (Å²) in [7, 11) is -2.53. The summed E-state index contributed by atoms with van der Waals surface area (Å²) in [5.41, 5.74) is 0.415. The second-order valence-electron chi connectivity index (χ2n) is 12.5. The maximum Gasteiger partial charge on any atom is 0.342 e. The number of rotatable bonds is 12. The molecular formula is C30H47ClO7Si2. The predicted octanol–water partition coefficient (Wildman–Crippen LogP) is 7.68. The van der Waals surface area contributed by atoms with Gasteiger partial charge in [-0.15, -0.1) is 0 Å². The zero-order valence-electron chi connectivity index (χ0n) is 25.3. The van der Waals surface area contributed by atoms with E-state index in [4.69, 9.17) is 35.3 Å². The molecule has 0 bridgehead atoms. The second kappa shape index (κ2) is 16.5. The molecular weight excluding hydrogens is 564 g/mol. The van der Waals surface area contributed by atoms with Crippen molar-refractivity contribution < 1.29 is 33.3 Å². The Balaban J connectivity index is 2.40. The van der Waals surface area contributed by atoms with Crippen LogP contribution in [0, 0.1) is 0 Å². The first-order valence-corrected chi connectivity index (χ1v) is 21.9. The molecule has 0 radical (unpaired) electrons. The number of fused-ring (bicyclic) bond motifs is 1. The molecule has 0 unspecified atom stereocenters. The van der Waals surface area contributed by atoms with Crippen LogP contribution in [-0.4, -0.2) is 60.8 Å². The van der Waals surface area contributed by atoms with Crippen LogP contribution in [-0.2, 0) is 25.4 Å². The Bertz CT molecular complexity index is 1040. The minimum absolute atomic E-state index is 0.0171. The summed E-state index contributed by atoms with van der Waals surface area (Å²) in [5.74, 6) is -0.333. The van der Waals surface area contributed by atoms with Gasteiger partial charge in [-0.1, -0.05) is 69.1 Å². The van der Waals surface area contributed by atoms with Gasteiger partial charge in [-0.2, -0.15) is 0 Å². The molecule has 2 rings (SSSR count). The molecule has 0 saturated heterocycles. The van der Waals surface area contributed by atoms with Crippen molar-refractivity contribution in [3.05, 3.63) is 46.5 Å². The lowest BCUT2D eigenvalue weighted by Gasteiger charge is -2.21. The normalized spacial score (nSPS) is 18.9. The first kappa shape index (κ1) is 34.3. The van der Waals surface area contributed by atoms with Crippen LogP contribution in [0.4, 0.5) is 0 Å². The van der Waals surface area contributed by atoms with Gasteiger partial charge in [0.05, 0.1) is 5.02 Å². The maximum atomic E-state index is 13.5. The van der Waals surface area contributed by atoms with E-state index in [2.05, 4.69) is 39.3 Å². The number of ether oxygens (including phenoxy) is 5. The Morgan fingerprint density at radius 1 is 0.875 bits per heavy atom. The van der Waals surface area contributed by atoms with E-state index in [0.29, 0.717) is 25.2 Å². The topological polar surface area (TPSA) is 80.3 Å². The molecule has 1 atom stereocenters. The number of cyclic esters (lactones) is 1. The third kappa shape index (κ3) is 13.2. The lowest BCUT2D eigenvalue weighted by atomic mass is 9.99. The fourth-order valence-corrected chi connectivity index (χ4v) is 5.47. The van der Waals surface area contributed by atoms with Crippen molar-refractivity contribution in [1.29, 1.82) is 0 Å². The summed E-state index contributed by atoms with van der Waals surface area (Å²) in [6.07, 6.45) is 9.00. The Morgan fingerprint density at radius 3 is 2.05 bits per heavy atom. The molecule has 7 nitrogen and oxygen atoms in total. The average molecular weight is 611 g/mol. The van der Waals surface area contributed by atoms with E-state index in [1.807, 2.05) is 25.2 Å². The predicted molar refractivity (Wildman–Crippen MR) is 166 cm³/mol. The fourth-order valence-electron chi connectivity index (χ4n) is 3.69. The van der Waals surface area contributed by atoms with Crippen molar-refractivity contribution in [2.24, 2.45) is 0 Å². The second-order valence-corrected chi connectivity index (χ2v) is 24.2. The minimum atomic E-state index is -1.28. The molecule has 1 aromatic rings. The molecule has 1 aliphatic heterocycles. The van der Waals surface area contributed by atoms with Gasteiger partial charge < -0.3 is 23.7 Å². The first-order valence-electron chi connectivity index (χ1n) is 14.1. The van der Waals surface area contributed by atoms with Crippen molar-refractivity contribution in [1.82, 2.24) is 0 Å². The number of hydrogen-bond donors (Lipinski definition) is 0. The van der Waals surface area contributed by atoms with Crippen LogP contribution in [0.3, 0.4) is 0 Å². The molecule has 1 heterocycles. The average Bonchev–Trinajstić information content (AvgIpc) is 2.83. The summed E-state index contributed by atoms with van der Waals surface area (Å²) in [5, 5.41) is 0.161. The van der Waals surface area contributed by atoms with Crippen molar-refractivity contribution in [2.75, 3.05) is 26.8 Å². The number of halogens is 1. The van der Waals surface area contributed by atoms with Crippen LogP contribution < -0.4 is 9.47 Å². The van der Waals surface area contributed by atoms with E-state index in [1.165, 1.54) is 6.08 Å². The Kier molecular flexibility index (Phi) is 14.1. The van der Waals surface area contributed by atoms with Crippen molar-refractivity contribution in [3.63, 3.8) is 0 Å². The number of hydrogen-bond acceptors (Lipinski definition) is 7. The van der Waals surface area contributed by atoms with Crippen LogP contribution in [0.25, 0.3) is 0 Å². The molecule has 0 aliphatic carbocycles. The lowest BCUT2D eigenvalue weighted by molar-refractivity contribution is -0.114. The Morgan fingerprint density at radius 2 is 1.45 bits per heavy atom. The lowest BCUT2D eigenvalue weighted by Crippen LogP contribution is -2.23. The van der Waals surface area contributed by atoms with Gasteiger partial charge in [-0.3, -0.25) is 4.79 Å². The largest absolute Gasteiger partial charge is 0.466 e. The van der Waals surface area contributed by atoms with Gasteiger partial charge in [-0.05, 0) is 37.9 Å². The number of carbonyl (C=O) groups is 2. The van der Waals surface area contributed by atoms with Gasteiger partial charge in [-0.25, -0.2) is 4.79 Å². The van der Waals surface area contributed by atoms with E-state index in [9.17, 15) is 9.59 Å². The van der Waals surface area contributed by atoms with Crippen molar-refractivity contribution in [2.45, 2.75) is 90.1 Å². The van der Waals surface area contributed by atoms with Gasteiger partial charge in [0.15, 0.2) is 19.4 Å². The summed E-state index contributed by atoms with van der Waals surface area (Å²) in [6.45, 7) is 16.5. The smallest absolute Gasteiger partial charge is 0.342 e. The molecule has 40 heavy (non-hydrogen) atoms. The van der Waals surface area contributed by atoms with Crippen LogP contribution in [0.2, 0.25) is 56.4 Å². The molecule has 0 amide bonds. The summed E-state index contributed by atoms with van der Waals surface area (Å²) in [6, 6.07) is 3.53. The zero-order valence-corrected chi connectivity index (χ0v) is 28.0. The monoisotopic (exact) mass is 610 g/mol. The summed E-state index contributed by atoms with van der Waals surface area (Å²) in [4.78, 5) is 26.4. The van der Waals surface area contributed by atoms with Crippen molar-refractivity contribution >= 4 is 39.5 Å². The number of carbonyl (C=O) groups excluding carboxylic acids is 2. The fraction of sp³-hybridized carbons (Fsp3) is 0.600. The third-order valence-electron chi connectivity index (χ3n) is 6.18. The van der Waals surface area contributed by atoms with Gasteiger partial charge in [0.1, 0.15) is 23.2 Å². The van der Waals surface area contributed by atoms with Crippen LogP contribution in [0.1, 0.15) is 42.1 Å². The third-order valence-corrected chi connectivity index (χ3v) is 10.0. The van der Waals surface area contributed by atoms with Crippen LogP contribution >= 0.6 is 11.6 Å². The molecule has 0 saturated carbocycles. The van der Waals surface area contributed by atoms with Gasteiger partial charge >= 0.3 is 5.97 Å². The molecule has 0 N–H and O–H groups in total. The Labute approximate surface area is 247 Å². The van der Waals surface area contributed by atoms with Gasteiger partial charge in [0.2, 0.25) is 0 Å². The minimum Gasteiger partial charge on any atom is -0.466 e. The van der Waals surface area contributed by atoms with E-state index < -0.39 is 22.1 Å². The van der Waals surface area contributed by atoms with Crippen molar-refractivity contribution in [3.8, 4) is 11.5 Å². The zero-order chi connectivity index (χ0) is 29.8. The van der Waals surface area contributed by atoms with E-state index in [1.54, 1.807) is 6.07 Å². The number of benzene rings is 1. The van der Waals surface area contributed by atoms with Crippen LogP contribution in [0.15, 0.2) is 30.4 Å². The maximum absolute atomic E-state index is 13.5. The highest BCUT2D eigenvalue weighted by atomic mass is 35.5. The van der Waals surface area contributed by atoms with E-state index in [-0.39, 0.29) is 54.0 Å². The number of allylic oxidation sites excluding steroid dienone is 3. The molecule has 0 fully saturated rings. The number of esters is 1. The van der Waals surface area contributed by atoms with Gasteiger partial charge in [0.25, 0.3) is 0 Å². The summed E-state index contributed by atoms with van der Waals surface area (Å²) >= 11 is 6.79.